The predicted molar refractivity (Wildman–Crippen MR) is 278 cm³/mol. The average Bonchev–Trinajstić information content (AvgIpc) is 4.02. The van der Waals surface area contributed by atoms with Gasteiger partial charge in [0, 0.05) is 73.5 Å². The molecular formula is C52H49F2N11O5S2. The lowest BCUT2D eigenvalue weighted by molar-refractivity contribution is 0.0512. The number of carbonyl (C=O) groups is 4. The van der Waals surface area contributed by atoms with Gasteiger partial charge in [0.1, 0.15) is 32.9 Å². The first-order valence-corrected chi connectivity index (χ1v) is 24.8. The largest absolute Gasteiger partial charge is 0.460 e. The van der Waals surface area contributed by atoms with Crippen molar-refractivity contribution in [3.8, 4) is 20.9 Å². The molecule has 0 atom stereocenters. The molecule has 4 aromatic heterocycles. The minimum Gasteiger partial charge on any atom is -0.460 e. The van der Waals surface area contributed by atoms with Crippen LogP contribution in [-0.4, -0.2) is 113 Å². The van der Waals surface area contributed by atoms with Gasteiger partial charge < -0.3 is 40.7 Å². The highest BCUT2D eigenvalue weighted by Gasteiger charge is 2.28. The number of fused-ring (bicyclic) bond motifs is 2. The SMILES string of the molecule is CCOC(=O)c1nc(N2CCN(C(=O)Nc3cccc(C)c3)CC2)c2cc(-c3ccc(F)cc3)sc2n1.Cc1cccc(NC(=O)N2CCN(c3nc(C(N)=O)nc4sc(-c5ccc(F)cc5)cc34)CC2)c1. The van der Waals surface area contributed by atoms with Crippen LogP contribution in [0.5, 0.6) is 0 Å². The van der Waals surface area contributed by atoms with Gasteiger partial charge in [-0.3, -0.25) is 4.79 Å². The number of urea groups is 2. The minimum absolute atomic E-state index is 0.00326. The van der Waals surface area contributed by atoms with E-state index in [1.807, 2.05) is 79.4 Å². The Hall–Kier alpha value is -8.10. The molecule has 4 aromatic carbocycles. The zero-order valence-corrected chi connectivity index (χ0v) is 41.2. The van der Waals surface area contributed by atoms with Crippen LogP contribution in [0.3, 0.4) is 0 Å². The summed E-state index contributed by atoms with van der Waals surface area (Å²) in [5.41, 5.74) is 10.9. The number of thiophene rings is 2. The third-order valence-electron chi connectivity index (χ3n) is 12.0. The third-order valence-corrected chi connectivity index (χ3v) is 14.1. The van der Waals surface area contributed by atoms with Gasteiger partial charge in [-0.2, -0.15) is 0 Å². The van der Waals surface area contributed by atoms with Crippen LogP contribution in [0.4, 0.5) is 41.4 Å². The lowest BCUT2D eigenvalue weighted by Gasteiger charge is -2.35. The fraction of sp³-hybridized carbons (Fsp3) is 0.231. The molecule has 0 unspecified atom stereocenters. The van der Waals surface area contributed by atoms with Crippen LogP contribution in [0.2, 0.25) is 0 Å². The molecule has 20 heteroatoms. The molecule has 0 aliphatic carbocycles. The fourth-order valence-corrected chi connectivity index (χ4v) is 10.4. The molecule has 10 rings (SSSR count). The van der Waals surface area contributed by atoms with Gasteiger partial charge in [-0.1, -0.05) is 48.5 Å². The zero-order chi connectivity index (χ0) is 50.5. The standard InChI is InChI=1S/C27H26FN5O3S.C25H23FN6O2S/c1-3-36-26(34)23-30-24(21-16-22(37-25(21)31-23)18-7-9-19(28)10-8-18)32-11-13-33(14-12-32)27(35)29-20-6-4-5-17(2)15-20;1-15-3-2-4-18(13-15)28-25(34)32-11-9-31(10-12-32)23-19-14-20(16-5-7-17(26)8-6-16)35-24(19)30-22(29-23)21(27)33/h4-10,15-16H,3,11-14H2,1-2H3,(H,29,35);2-8,13-14H,9-12H2,1H3,(H2,27,33)(H,28,34). The highest BCUT2D eigenvalue weighted by atomic mass is 32.1. The van der Waals surface area contributed by atoms with Crippen molar-refractivity contribution in [1.29, 1.82) is 0 Å². The number of halogens is 2. The van der Waals surface area contributed by atoms with E-state index < -0.39 is 11.9 Å². The van der Waals surface area contributed by atoms with Crippen molar-refractivity contribution >= 4 is 90.1 Å². The number of piperazine rings is 2. The Morgan fingerprint density at radius 1 is 0.583 bits per heavy atom. The second-order valence-corrected chi connectivity index (χ2v) is 19.1. The second kappa shape index (κ2) is 21.5. The summed E-state index contributed by atoms with van der Waals surface area (Å²) in [4.78, 5) is 78.5. The van der Waals surface area contributed by atoms with Gasteiger partial charge in [0.05, 0.1) is 17.4 Å². The van der Waals surface area contributed by atoms with Crippen molar-refractivity contribution in [2.75, 3.05) is 79.4 Å². The smallest absolute Gasteiger partial charge is 0.376 e. The first-order chi connectivity index (χ1) is 34.8. The van der Waals surface area contributed by atoms with Crippen LogP contribution >= 0.6 is 22.7 Å². The molecule has 2 aliphatic heterocycles. The van der Waals surface area contributed by atoms with Gasteiger partial charge in [0.25, 0.3) is 5.91 Å². The van der Waals surface area contributed by atoms with E-state index in [1.54, 1.807) is 41.0 Å². The number of nitrogens with one attached hydrogen (secondary N) is 2. The van der Waals surface area contributed by atoms with Crippen molar-refractivity contribution in [2.24, 2.45) is 5.73 Å². The molecule has 2 fully saturated rings. The van der Waals surface area contributed by atoms with Crippen LogP contribution < -0.4 is 26.2 Å². The lowest BCUT2D eigenvalue weighted by atomic mass is 10.1. The van der Waals surface area contributed by atoms with Gasteiger partial charge in [-0.05, 0) is 104 Å². The van der Waals surface area contributed by atoms with Crippen molar-refractivity contribution in [2.45, 2.75) is 20.8 Å². The molecule has 72 heavy (non-hydrogen) atoms. The van der Waals surface area contributed by atoms with Crippen LogP contribution in [-0.2, 0) is 4.74 Å². The van der Waals surface area contributed by atoms with E-state index in [1.165, 1.54) is 46.9 Å². The molecule has 5 amide bonds. The number of rotatable bonds is 9. The monoisotopic (exact) mass is 1010 g/mol. The number of ether oxygens (including phenoxy) is 1. The predicted octanol–water partition coefficient (Wildman–Crippen LogP) is 9.60. The molecule has 368 valence electrons. The second-order valence-electron chi connectivity index (χ2n) is 17.0. The normalized spacial score (nSPS) is 13.7. The molecule has 4 N–H and O–H groups in total. The summed E-state index contributed by atoms with van der Waals surface area (Å²) in [5, 5.41) is 7.49. The first kappa shape index (κ1) is 48.9. The number of hydrogen-bond donors (Lipinski definition) is 3. The summed E-state index contributed by atoms with van der Waals surface area (Å²) in [6.45, 7) is 10.0. The van der Waals surface area contributed by atoms with Gasteiger partial charge >= 0.3 is 18.0 Å². The zero-order valence-electron chi connectivity index (χ0n) is 39.5. The number of aryl methyl sites for hydroxylation is 2. The highest BCUT2D eigenvalue weighted by Crippen LogP contribution is 2.39. The summed E-state index contributed by atoms with van der Waals surface area (Å²) in [5.74, 6) is -0.742. The topological polar surface area (TPSA) is 192 Å². The number of nitrogens with two attached hydrogens (primary N) is 1. The van der Waals surface area contributed by atoms with E-state index in [9.17, 15) is 28.0 Å². The molecule has 0 bridgehead atoms. The Bertz CT molecular complexity index is 3300. The van der Waals surface area contributed by atoms with Gasteiger partial charge in [0.2, 0.25) is 11.6 Å². The minimum atomic E-state index is -0.707. The van der Waals surface area contributed by atoms with Crippen molar-refractivity contribution < 1.29 is 32.7 Å². The van der Waals surface area contributed by atoms with Gasteiger partial charge in [0.15, 0.2) is 0 Å². The summed E-state index contributed by atoms with van der Waals surface area (Å²) >= 11 is 2.80. The number of nitrogens with zero attached hydrogens (tertiary/aromatic N) is 8. The molecule has 0 radical (unpaired) electrons. The lowest BCUT2D eigenvalue weighted by Crippen LogP contribution is -2.50. The maximum Gasteiger partial charge on any atom is 0.376 e. The molecule has 2 aliphatic rings. The number of hydrogen-bond acceptors (Lipinski definition) is 13. The number of primary amides is 1. The van der Waals surface area contributed by atoms with Crippen LogP contribution in [0.25, 0.3) is 41.3 Å². The number of benzene rings is 4. The molecule has 0 spiro atoms. The Labute approximate surface area is 421 Å². The number of carbonyl (C=O) groups excluding carboxylic acids is 4. The number of anilines is 4. The number of aromatic nitrogens is 4. The third kappa shape index (κ3) is 11.2. The van der Waals surface area contributed by atoms with E-state index in [0.717, 1.165) is 54.2 Å². The fourth-order valence-electron chi connectivity index (χ4n) is 8.30. The Balaban J connectivity index is 0.000000178. The molecule has 8 aromatic rings. The number of amides is 5. The summed E-state index contributed by atoms with van der Waals surface area (Å²) < 4.78 is 32.0. The van der Waals surface area contributed by atoms with Gasteiger partial charge in [-0.25, -0.2) is 43.1 Å². The van der Waals surface area contributed by atoms with Crippen molar-refractivity contribution in [1.82, 2.24) is 29.7 Å². The van der Waals surface area contributed by atoms with Crippen LogP contribution in [0, 0.1) is 25.5 Å². The Morgan fingerprint density at radius 2 is 1.00 bits per heavy atom. The summed E-state index contributed by atoms with van der Waals surface area (Å²) in [7, 11) is 0. The highest BCUT2D eigenvalue weighted by molar-refractivity contribution is 7.22. The quantitative estimate of drug-likeness (QED) is 0.117. The van der Waals surface area contributed by atoms with Crippen molar-refractivity contribution in [3.05, 3.63) is 144 Å². The number of esters is 1. The van der Waals surface area contributed by atoms with E-state index in [4.69, 9.17) is 10.5 Å². The van der Waals surface area contributed by atoms with Gasteiger partial charge in [-0.15, -0.1) is 22.7 Å². The molecule has 6 heterocycles. The Kier molecular flexibility index (Phi) is 14.6. The maximum absolute atomic E-state index is 13.4. The van der Waals surface area contributed by atoms with E-state index in [2.05, 4.69) is 35.5 Å². The molecular weight excluding hydrogens is 961 g/mol. The average molecular weight is 1010 g/mol. The summed E-state index contributed by atoms with van der Waals surface area (Å²) in [6.07, 6.45) is 0. The summed E-state index contributed by atoms with van der Waals surface area (Å²) in [6, 6.07) is 31.4. The maximum atomic E-state index is 13.4. The molecule has 16 nitrogen and oxygen atoms in total. The van der Waals surface area contributed by atoms with Crippen LogP contribution in [0.1, 0.15) is 39.3 Å². The van der Waals surface area contributed by atoms with E-state index in [0.29, 0.717) is 73.7 Å². The first-order valence-electron chi connectivity index (χ1n) is 23.2. The van der Waals surface area contributed by atoms with E-state index in [-0.39, 0.29) is 42.0 Å². The van der Waals surface area contributed by atoms with E-state index >= 15 is 0 Å². The molecule has 2 saturated heterocycles. The Morgan fingerprint density at radius 3 is 1.40 bits per heavy atom. The molecule has 0 saturated carbocycles. The van der Waals surface area contributed by atoms with Crippen molar-refractivity contribution in [3.63, 3.8) is 0 Å². The van der Waals surface area contributed by atoms with Crippen LogP contribution in [0.15, 0.2) is 109 Å².